The number of rotatable bonds is 2. The summed E-state index contributed by atoms with van der Waals surface area (Å²) < 4.78 is 13.0. The summed E-state index contributed by atoms with van der Waals surface area (Å²) in [7, 11) is 0. The molecule has 8 heteroatoms. The zero-order valence-corrected chi connectivity index (χ0v) is 14.5. The summed E-state index contributed by atoms with van der Waals surface area (Å²) in [4.78, 5) is 0. The maximum absolute atomic E-state index is 6.25. The summed E-state index contributed by atoms with van der Waals surface area (Å²) in [6.45, 7) is 2.22. The van der Waals surface area contributed by atoms with Crippen molar-refractivity contribution in [3.8, 4) is 28.7 Å². The molecule has 1 aliphatic rings. The Morgan fingerprint density at radius 3 is 2.73 bits per heavy atom. The number of aryl methyl sites for hydroxylation is 1. The number of aromatic amines is 1. The van der Waals surface area contributed by atoms with Crippen molar-refractivity contribution >= 4 is 22.4 Å². The molecule has 0 aliphatic carbocycles. The van der Waals surface area contributed by atoms with Gasteiger partial charge in [0.25, 0.3) is 0 Å². The Hall–Kier alpha value is -3.19. The first kappa shape index (κ1) is 15.1. The Balaban J connectivity index is 1.92. The highest BCUT2D eigenvalue weighted by molar-refractivity contribution is 6.30. The quantitative estimate of drug-likeness (QED) is 0.552. The van der Waals surface area contributed by atoms with E-state index >= 15 is 0 Å². The van der Waals surface area contributed by atoms with Crippen molar-refractivity contribution in [1.82, 2.24) is 20.6 Å². The smallest absolute Gasteiger partial charge is 0.454 e. The molecule has 0 saturated heterocycles. The number of nitrogens with one attached hydrogen (secondary N) is 1. The molecule has 26 heavy (non-hydrogen) atoms. The van der Waals surface area contributed by atoms with Gasteiger partial charge < -0.3 is 9.47 Å². The molecule has 128 valence electrons. The van der Waals surface area contributed by atoms with Crippen molar-refractivity contribution < 1.29 is 14.0 Å². The lowest BCUT2D eigenvalue weighted by atomic mass is 10.0. The number of ether oxygens (including phenoxy) is 2. The first-order chi connectivity index (χ1) is 12.7. The summed E-state index contributed by atoms with van der Waals surface area (Å²) >= 11 is 6.25. The van der Waals surface area contributed by atoms with Crippen LogP contribution in [0.15, 0.2) is 42.5 Å². The van der Waals surface area contributed by atoms with Crippen molar-refractivity contribution in [3.63, 3.8) is 0 Å². The van der Waals surface area contributed by atoms with Crippen molar-refractivity contribution in [1.29, 1.82) is 0 Å². The van der Waals surface area contributed by atoms with Gasteiger partial charge >= 0.3 is 5.95 Å². The van der Waals surface area contributed by atoms with Crippen molar-refractivity contribution in [2.24, 2.45) is 0 Å². The molecule has 0 amide bonds. The van der Waals surface area contributed by atoms with Gasteiger partial charge in [0, 0.05) is 26.3 Å². The van der Waals surface area contributed by atoms with Crippen LogP contribution in [-0.4, -0.2) is 27.4 Å². The van der Waals surface area contributed by atoms with Gasteiger partial charge in [-0.25, -0.2) is 0 Å². The van der Waals surface area contributed by atoms with Crippen LogP contribution in [0, 0.1) is 6.92 Å². The normalized spacial score (nSPS) is 12.7. The van der Waals surface area contributed by atoms with Crippen LogP contribution < -0.4 is 14.0 Å². The SMILES string of the molecule is Cc1cc2cc3c(cc2c(-c2cccc(Cl)c2)[n+]1-c1nn[nH]n1)OCO3. The zero-order valence-electron chi connectivity index (χ0n) is 13.7. The topological polar surface area (TPSA) is 76.8 Å². The molecule has 1 N–H and O–H groups in total. The van der Waals surface area contributed by atoms with Crippen LogP contribution in [0.1, 0.15) is 5.69 Å². The minimum Gasteiger partial charge on any atom is -0.454 e. The molecule has 0 spiro atoms. The molecule has 0 bridgehead atoms. The number of hydrogen-bond donors (Lipinski definition) is 1. The van der Waals surface area contributed by atoms with Gasteiger partial charge in [0.1, 0.15) is 5.69 Å². The molecule has 1 aliphatic heterocycles. The van der Waals surface area contributed by atoms with Crippen LogP contribution in [0.5, 0.6) is 11.5 Å². The molecule has 5 rings (SSSR count). The van der Waals surface area contributed by atoms with Crippen LogP contribution in [0.4, 0.5) is 0 Å². The lowest BCUT2D eigenvalue weighted by Gasteiger charge is -2.13. The van der Waals surface area contributed by atoms with Crippen LogP contribution in [-0.2, 0) is 0 Å². The van der Waals surface area contributed by atoms with Crippen LogP contribution in [0.25, 0.3) is 28.0 Å². The summed E-state index contributed by atoms with van der Waals surface area (Å²) in [6, 6.07) is 13.7. The average molecular weight is 367 g/mol. The van der Waals surface area contributed by atoms with Crippen LogP contribution in [0.3, 0.4) is 0 Å². The molecule has 0 fully saturated rings. The largest absolute Gasteiger partial charge is 0.483 e. The molecular weight excluding hydrogens is 354 g/mol. The third-order valence-corrected chi connectivity index (χ3v) is 4.61. The van der Waals surface area contributed by atoms with E-state index in [1.54, 1.807) is 0 Å². The molecule has 0 radical (unpaired) electrons. The van der Waals surface area contributed by atoms with E-state index in [2.05, 4.69) is 26.7 Å². The third-order valence-electron chi connectivity index (χ3n) is 4.37. The van der Waals surface area contributed by atoms with Crippen molar-refractivity contribution in [2.75, 3.05) is 6.79 Å². The maximum Gasteiger partial charge on any atom is 0.483 e. The van der Waals surface area contributed by atoms with Gasteiger partial charge in [-0.05, 0) is 42.6 Å². The minimum absolute atomic E-state index is 0.224. The highest BCUT2D eigenvalue weighted by Crippen LogP contribution is 2.39. The molecule has 0 saturated carbocycles. The fourth-order valence-corrected chi connectivity index (χ4v) is 3.49. The Labute approximate surface area is 153 Å². The first-order valence-electron chi connectivity index (χ1n) is 7.99. The molecule has 3 heterocycles. The highest BCUT2D eigenvalue weighted by Gasteiger charge is 2.25. The van der Waals surface area contributed by atoms with Crippen molar-refractivity contribution in [3.05, 3.63) is 53.2 Å². The second kappa shape index (κ2) is 5.67. The van der Waals surface area contributed by atoms with Crippen molar-refractivity contribution in [2.45, 2.75) is 6.92 Å². The number of H-pyrrole nitrogens is 1. The number of pyridine rings is 1. The summed E-state index contributed by atoms with van der Waals surface area (Å²) in [5, 5.41) is 17.2. The highest BCUT2D eigenvalue weighted by atomic mass is 35.5. The average Bonchev–Trinajstić information content (AvgIpc) is 3.30. The lowest BCUT2D eigenvalue weighted by Crippen LogP contribution is -2.38. The first-order valence-corrected chi connectivity index (χ1v) is 8.37. The molecule has 2 aromatic heterocycles. The number of tetrazole rings is 1. The molecule has 0 unspecified atom stereocenters. The van der Waals surface area contributed by atoms with E-state index in [0.29, 0.717) is 16.7 Å². The van der Waals surface area contributed by atoms with Gasteiger partial charge in [-0.15, -0.1) is 0 Å². The van der Waals surface area contributed by atoms with E-state index in [0.717, 1.165) is 33.5 Å². The predicted octanol–water partition coefficient (Wildman–Crippen LogP) is 2.99. The second-order valence-corrected chi connectivity index (χ2v) is 6.42. The van der Waals surface area contributed by atoms with Gasteiger partial charge in [-0.2, -0.15) is 4.57 Å². The van der Waals surface area contributed by atoms with E-state index in [1.807, 2.05) is 47.9 Å². The van der Waals surface area contributed by atoms with Gasteiger partial charge in [0.15, 0.2) is 11.5 Å². The molecule has 2 aromatic carbocycles. The van der Waals surface area contributed by atoms with Gasteiger partial charge in [0.2, 0.25) is 6.79 Å². The molecule has 0 atom stereocenters. The Kier molecular flexibility index (Phi) is 3.29. The number of halogens is 1. The summed E-state index contributed by atoms with van der Waals surface area (Å²) in [5.41, 5.74) is 2.80. The molecular formula is C18H13ClN5O2+. The zero-order chi connectivity index (χ0) is 17.7. The number of benzene rings is 2. The Morgan fingerprint density at radius 1 is 1.12 bits per heavy atom. The number of aromatic nitrogens is 5. The van der Waals surface area contributed by atoms with E-state index in [-0.39, 0.29) is 6.79 Å². The van der Waals surface area contributed by atoms with Gasteiger partial charge in [0.05, 0.1) is 10.8 Å². The fraction of sp³-hybridized carbons (Fsp3) is 0.111. The van der Waals surface area contributed by atoms with Crippen LogP contribution in [0.2, 0.25) is 5.02 Å². The van der Waals surface area contributed by atoms with E-state index in [1.165, 1.54) is 0 Å². The third kappa shape index (κ3) is 2.28. The van der Waals surface area contributed by atoms with Gasteiger partial charge in [-0.1, -0.05) is 28.9 Å². The summed E-state index contributed by atoms with van der Waals surface area (Å²) in [6.07, 6.45) is 0. The second-order valence-electron chi connectivity index (χ2n) is 5.98. The summed E-state index contributed by atoms with van der Waals surface area (Å²) in [5.74, 6) is 1.91. The number of nitrogens with zero attached hydrogens (tertiary/aromatic N) is 4. The Bertz CT molecular complexity index is 1140. The number of fused-ring (bicyclic) bond motifs is 2. The monoisotopic (exact) mass is 366 g/mol. The lowest BCUT2D eigenvalue weighted by molar-refractivity contribution is -0.597. The Morgan fingerprint density at radius 2 is 1.96 bits per heavy atom. The number of hydrogen-bond acceptors (Lipinski definition) is 5. The molecule has 7 nitrogen and oxygen atoms in total. The van der Waals surface area contributed by atoms with E-state index in [4.69, 9.17) is 21.1 Å². The minimum atomic E-state index is 0.224. The molecule has 4 aromatic rings. The maximum atomic E-state index is 6.25. The predicted molar refractivity (Wildman–Crippen MR) is 94.5 cm³/mol. The van der Waals surface area contributed by atoms with Gasteiger partial charge in [-0.3, -0.25) is 0 Å². The van der Waals surface area contributed by atoms with E-state index in [9.17, 15) is 0 Å². The fourth-order valence-electron chi connectivity index (χ4n) is 3.30. The standard InChI is InChI=1S/C18H13ClN5O2/c1-10-5-12-7-15-16(26-9-25-15)8-14(12)17(11-3-2-4-13(19)6-11)24(10)18-20-22-23-21-18/h2-8H,9H2,1H3,(H,20,21,22,23)/q+1. The van der Waals surface area contributed by atoms with Crippen LogP contribution >= 0.6 is 11.6 Å². The van der Waals surface area contributed by atoms with E-state index < -0.39 is 0 Å².